The van der Waals surface area contributed by atoms with Gasteiger partial charge in [-0.3, -0.25) is 4.79 Å². The molecule has 1 fully saturated rings. The minimum atomic E-state index is -4.47. The van der Waals surface area contributed by atoms with Crippen LogP contribution in [0.5, 0.6) is 0 Å². The van der Waals surface area contributed by atoms with E-state index in [0.717, 1.165) is 31.0 Å². The van der Waals surface area contributed by atoms with Crippen molar-refractivity contribution in [1.82, 2.24) is 0 Å². The second-order valence-electron chi connectivity index (χ2n) is 5.20. The lowest BCUT2D eigenvalue weighted by atomic mass is 9.96. The maximum Gasteiger partial charge on any atom is 0.416 e. The van der Waals surface area contributed by atoms with E-state index in [0.29, 0.717) is 0 Å². The SMILES string of the molecule is CC(N)(C(=O)Nc1ccc(C(F)(F)F)cc1Cl)C1CC1. The molecule has 3 nitrogen and oxygen atoms in total. The normalized spacial score (nSPS) is 18.5. The van der Waals surface area contributed by atoms with Gasteiger partial charge in [0.1, 0.15) is 0 Å². The van der Waals surface area contributed by atoms with Gasteiger partial charge in [0.2, 0.25) is 5.91 Å². The van der Waals surface area contributed by atoms with Gasteiger partial charge in [-0.15, -0.1) is 0 Å². The van der Waals surface area contributed by atoms with Crippen LogP contribution in [0.2, 0.25) is 5.02 Å². The van der Waals surface area contributed by atoms with Crippen molar-refractivity contribution < 1.29 is 18.0 Å². The topological polar surface area (TPSA) is 55.1 Å². The number of carbonyl (C=O) groups is 1. The maximum absolute atomic E-state index is 12.5. The number of hydrogen-bond acceptors (Lipinski definition) is 2. The zero-order chi connectivity index (χ0) is 15.1. The van der Waals surface area contributed by atoms with Gasteiger partial charge in [-0.2, -0.15) is 13.2 Å². The third-order valence-electron chi connectivity index (χ3n) is 3.46. The molecule has 1 aliphatic rings. The van der Waals surface area contributed by atoms with Gasteiger partial charge in [0.05, 0.1) is 21.8 Å². The molecule has 1 atom stereocenters. The first-order valence-corrected chi connectivity index (χ1v) is 6.47. The largest absolute Gasteiger partial charge is 0.416 e. The van der Waals surface area contributed by atoms with Crippen LogP contribution in [0, 0.1) is 5.92 Å². The molecule has 0 spiro atoms. The molecule has 0 heterocycles. The average molecular weight is 307 g/mol. The van der Waals surface area contributed by atoms with Gasteiger partial charge in [-0.05, 0) is 43.9 Å². The number of anilines is 1. The third-order valence-corrected chi connectivity index (χ3v) is 3.77. The molecule has 1 aromatic carbocycles. The highest BCUT2D eigenvalue weighted by molar-refractivity contribution is 6.33. The summed E-state index contributed by atoms with van der Waals surface area (Å²) in [6, 6.07) is 2.78. The highest BCUT2D eigenvalue weighted by Gasteiger charge is 2.44. The summed E-state index contributed by atoms with van der Waals surface area (Å²) in [7, 11) is 0. The summed E-state index contributed by atoms with van der Waals surface area (Å²) >= 11 is 5.77. The molecule has 0 aromatic heterocycles. The lowest BCUT2D eigenvalue weighted by molar-refractivity contribution is -0.137. The van der Waals surface area contributed by atoms with E-state index in [-0.39, 0.29) is 16.6 Å². The van der Waals surface area contributed by atoms with Gasteiger partial charge in [0, 0.05) is 0 Å². The number of hydrogen-bond donors (Lipinski definition) is 2. The summed E-state index contributed by atoms with van der Waals surface area (Å²) in [6.45, 7) is 1.61. The monoisotopic (exact) mass is 306 g/mol. The molecule has 2 rings (SSSR count). The molecule has 1 aliphatic carbocycles. The first-order chi connectivity index (χ1) is 9.12. The fraction of sp³-hybridized carbons (Fsp3) is 0.462. The van der Waals surface area contributed by atoms with Gasteiger partial charge < -0.3 is 11.1 Å². The summed E-state index contributed by atoms with van der Waals surface area (Å²) in [5, 5.41) is 2.32. The summed E-state index contributed by atoms with van der Waals surface area (Å²) in [6.07, 6.45) is -2.72. The molecule has 7 heteroatoms. The fourth-order valence-electron chi connectivity index (χ4n) is 1.92. The predicted octanol–water partition coefficient (Wildman–Crippen LogP) is 3.42. The van der Waals surface area contributed by atoms with Crippen molar-refractivity contribution in [2.75, 3.05) is 5.32 Å². The zero-order valence-corrected chi connectivity index (χ0v) is 11.5. The quantitative estimate of drug-likeness (QED) is 0.899. The van der Waals surface area contributed by atoms with Crippen LogP contribution in [0.4, 0.5) is 18.9 Å². The standard InChI is InChI=1S/C13H14ClF3N2O/c1-12(18,7-2-3-7)11(20)19-10-5-4-8(6-9(10)14)13(15,16)17/h4-7H,2-3,18H2,1H3,(H,19,20). The molecule has 1 saturated carbocycles. The lowest BCUT2D eigenvalue weighted by Gasteiger charge is -2.23. The van der Waals surface area contributed by atoms with Gasteiger partial charge in [-0.1, -0.05) is 11.6 Å². The molecule has 1 aromatic rings. The second-order valence-corrected chi connectivity index (χ2v) is 5.61. The second kappa shape index (κ2) is 4.93. The Bertz CT molecular complexity index is 539. The van der Waals surface area contributed by atoms with Crippen molar-refractivity contribution in [3.63, 3.8) is 0 Å². The van der Waals surface area contributed by atoms with Crippen LogP contribution in [0.3, 0.4) is 0 Å². The van der Waals surface area contributed by atoms with Gasteiger partial charge >= 0.3 is 6.18 Å². The molecule has 0 saturated heterocycles. The Hall–Kier alpha value is -1.27. The van der Waals surface area contributed by atoms with Crippen molar-refractivity contribution in [1.29, 1.82) is 0 Å². The Morgan fingerprint density at radius 3 is 2.45 bits per heavy atom. The van der Waals surface area contributed by atoms with Crippen molar-refractivity contribution in [3.8, 4) is 0 Å². The van der Waals surface area contributed by atoms with Crippen LogP contribution in [0.25, 0.3) is 0 Å². The van der Waals surface area contributed by atoms with Crippen LogP contribution in [0.1, 0.15) is 25.3 Å². The Kier molecular flexibility index (Phi) is 3.73. The highest BCUT2D eigenvalue weighted by Crippen LogP contribution is 2.39. The van der Waals surface area contributed by atoms with Gasteiger partial charge in [0.25, 0.3) is 0 Å². The smallest absolute Gasteiger partial charge is 0.323 e. The van der Waals surface area contributed by atoms with Crippen molar-refractivity contribution in [2.24, 2.45) is 11.7 Å². The molecule has 0 aliphatic heterocycles. The van der Waals surface area contributed by atoms with E-state index in [4.69, 9.17) is 17.3 Å². The fourth-order valence-corrected chi connectivity index (χ4v) is 2.15. The number of benzene rings is 1. The van der Waals surface area contributed by atoms with Crippen LogP contribution in [0.15, 0.2) is 18.2 Å². The first-order valence-electron chi connectivity index (χ1n) is 6.09. The Morgan fingerprint density at radius 2 is 2.00 bits per heavy atom. The molecule has 20 heavy (non-hydrogen) atoms. The van der Waals surface area contributed by atoms with E-state index >= 15 is 0 Å². The number of alkyl halides is 3. The van der Waals surface area contributed by atoms with Crippen LogP contribution >= 0.6 is 11.6 Å². The number of nitrogens with two attached hydrogens (primary N) is 1. The number of carbonyl (C=O) groups excluding carboxylic acids is 1. The van der Waals surface area contributed by atoms with E-state index in [1.54, 1.807) is 6.92 Å². The first kappa shape index (κ1) is 15.1. The predicted molar refractivity (Wildman–Crippen MR) is 70.4 cm³/mol. The maximum atomic E-state index is 12.5. The van der Waals surface area contributed by atoms with E-state index in [1.807, 2.05) is 0 Å². The molecule has 1 amide bonds. The van der Waals surface area contributed by atoms with E-state index < -0.39 is 23.2 Å². The molecule has 0 radical (unpaired) electrons. The molecular weight excluding hydrogens is 293 g/mol. The third kappa shape index (κ3) is 3.07. The molecule has 1 unspecified atom stereocenters. The van der Waals surface area contributed by atoms with Crippen LogP contribution < -0.4 is 11.1 Å². The summed E-state index contributed by atoms with van der Waals surface area (Å²) in [5.41, 5.74) is 4.16. The average Bonchev–Trinajstić information content (AvgIpc) is 3.14. The molecule has 110 valence electrons. The summed E-state index contributed by atoms with van der Waals surface area (Å²) in [4.78, 5) is 12.0. The summed E-state index contributed by atoms with van der Waals surface area (Å²) < 4.78 is 37.5. The van der Waals surface area contributed by atoms with Crippen LogP contribution in [-0.4, -0.2) is 11.4 Å². The van der Waals surface area contributed by atoms with Crippen molar-refractivity contribution in [3.05, 3.63) is 28.8 Å². The Morgan fingerprint density at radius 1 is 1.40 bits per heavy atom. The minimum absolute atomic E-state index is 0.107. The molecular formula is C13H14ClF3N2O. The van der Waals surface area contributed by atoms with Crippen LogP contribution in [-0.2, 0) is 11.0 Å². The number of amides is 1. The summed E-state index contributed by atoms with van der Waals surface area (Å²) in [5.74, 6) is -0.336. The number of rotatable bonds is 3. The van der Waals surface area contributed by atoms with Gasteiger partial charge in [0.15, 0.2) is 0 Å². The zero-order valence-electron chi connectivity index (χ0n) is 10.7. The number of halogens is 4. The lowest BCUT2D eigenvalue weighted by Crippen LogP contribution is -2.50. The van der Waals surface area contributed by atoms with Gasteiger partial charge in [-0.25, -0.2) is 0 Å². The van der Waals surface area contributed by atoms with E-state index in [2.05, 4.69) is 5.32 Å². The van der Waals surface area contributed by atoms with E-state index in [1.165, 1.54) is 0 Å². The molecule has 3 N–H and O–H groups in total. The Labute approximate surface area is 119 Å². The highest BCUT2D eigenvalue weighted by atomic mass is 35.5. The van der Waals surface area contributed by atoms with Crippen molar-refractivity contribution in [2.45, 2.75) is 31.5 Å². The molecule has 0 bridgehead atoms. The Balaban J connectivity index is 2.16. The van der Waals surface area contributed by atoms with E-state index in [9.17, 15) is 18.0 Å². The van der Waals surface area contributed by atoms with Crippen molar-refractivity contribution >= 4 is 23.2 Å². The number of nitrogens with one attached hydrogen (secondary N) is 1. The minimum Gasteiger partial charge on any atom is -0.323 e.